The Morgan fingerprint density at radius 2 is 2.10 bits per heavy atom. The lowest BCUT2D eigenvalue weighted by Crippen LogP contribution is -1.65. The highest BCUT2D eigenvalue weighted by atomic mass is 32.1. The van der Waals surface area contributed by atoms with Crippen LogP contribution >= 0.6 is 11.3 Å². The third-order valence-corrected chi connectivity index (χ3v) is 2.34. The number of nitrogens with one attached hydrogen (secondary N) is 1. The van der Waals surface area contributed by atoms with E-state index in [4.69, 9.17) is 5.73 Å². The van der Waals surface area contributed by atoms with Gasteiger partial charge in [-0.2, -0.15) is 0 Å². The van der Waals surface area contributed by atoms with Crippen molar-refractivity contribution in [2.45, 2.75) is 0 Å². The molecule has 0 atom stereocenters. The van der Waals surface area contributed by atoms with E-state index in [1.165, 1.54) is 10.1 Å². The van der Waals surface area contributed by atoms with Gasteiger partial charge >= 0.3 is 0 Å². The molecule has 0 aliphatic carbocycles. The molecule has 49 valence electrons. The maximum absolute atomic E-state index is 7.32. The molecule has 2 aromatic rings. The minimum absolute atomic E-state index is 0.593. The lowest BCUT2D eigenvalue weighted by Gasteiger charge is -1.89. The summed E-state index contributed by atoms with van der Waals surface area (Å²) in [6.07, 6.45) is 0. The predicted octanol–water partition coefficient (Wildman–Crippen LogP) is 2.82. The minimum Gasteiger partial charge on any atom is -0.301 e. The summed E-state index contributed by atoms with van der Waals surface area (Å²) >= 11 is 1.68. The van der Waals surface area contributed by atoms with E-state index in [0.29, 0.717) is 5.69 Å². The van der Waals surface area contributed by atoms with Gasteiger partial charge in [0.15, 0.2) is 0 Å². The SMILES string of the molecule is [NH]c1ccc2ccsc2c1. The Bertz CT molecular complexity index is 351. The first-order chi connectivity index (χ1) is 4.86. The summed E-state index contributed by atoms with van der Waals surface area (Å²) in [4.78, 5) is 0. The van der Waals surface area contributed by atoms with Crippen molar-refractivity contribution < 1.29 is 0 Å². The van der Waals surface area contributed by atoms with Crippen molar-refractivity contribution in [3.05, 3.63) is 29.6 Å². The van der Waals surface area contributed by atoms with Crippen molar-refractivity contribution in [3.63, 3.8) is 0 Å². The van der Waals surface area contributed by atoms with E-state index in [2.05, 4.69) is 6.07 Å². The van der Waals surface area contributed by atoms with Crippen LogP contribution in [0.5, 0.6) is 0 Å². The van der Waals surface area contributed by atoms with Gasteiger partial charge in [0.25, 0.3) is 0 Å². The number of benzene rings is 1. The first-order valence-electron chi connectivity index (χ1n) is 3.05. The van der Waals surface area contributed by atoms with Crippen LogP contribution in [-0.2, 0) is 0 Å². The van der Waals surface area contributed by atoms with E-state index < -0.39 is 0 Å². The fraction of sp³-hybridized carbons (Fsp3) is 0. The Kier molecular flexibility index (Phi) is 1.14. The van der Waals surface area contributed by atoms with Gasteiger partial charge in [0.05, 0.1) is 5.69 Å². The number of thiophene rings is 1. The van der Waals surface area contributed by atoms with Crippen molar-refractivity contribution >= 4 is 27.1 Å². The fourth-order valence-corrected chi connectivity index (χ4v) is 1.78. The smallest absolute Gasteiger partial charge is 0.0554 e. The molecule has 1 N–H and O–H groups in total. The Balaban J connectivity index is 2.86. The van der Waals surface area contributed by atoms with Gasteiger partial charge < -0.3 is 5.73 Å². The van der Waals surface area contributed by atoms with Crippen molar-refractivity contribution in [1.29, 1.82) is 0 Å². The largest absolute Gasteiger partial charge is 0.301 e. The van der Waals surface area contributed by atoms with Crippen molar-refractivity contribution in [2.24, 2.45) is 0 Å². The van der Waals surface area contributed by atoms with Crippen molar-refractivity contribution in [1.82, 2.24) is 5.73 Å². The molecule has 1 heterocycles. The summed E-state index contributed by atoms with van der Waals surface area (Å²) in [5.74, 6) is 0. The fourth-order valence-electron chi connectivity index (χ4n) is 0.955. The molecular weight excluding hydrogens is 142 g/mol. The summed E-state index contributed by atoms with van der Waals surface area (Å²) in [7, 11) is 0. The van der Waals surface area contributed by atoms with Crippen LogP contribution in [0.1, 0.15) is 0 Å². The highest BCUT2D eigenvalue weighted by Gasteiger charge is 1.92. The normalized spacial score (nSPS) is 10.4. The first kappa shape index (κ1) is 5.74. The van der Waals surface area contributed by atoms with Gasteiger partial charge in [-0.05, 0) is 29.0 Å². The molecule has 1 aromatic heterocycles. The monoisotopic (exact) mass is 148 g/mol. The highest BCUT2D eigenvalue weighted by molar-refractivity contribution is 7.17. The molecule has 0 amide bonds. The summed E-state index contributed by atoms with van der Waals surface area (Å²) in [6, 6.07) is 7.75. The van der Waals surface area contributed by atoms with Crippen LogP contribution in [0.2, 0.25) is 0 Å². The van der Waals surface area contributed by atoms with E-state index in [1.54, 1.807) is 11.3 Å². The second-order valence-electron chi connectivity index (χ2n) is 2.17. The molecule has 2 rings (SSSR count). The average Bonchev–Trinajstić information content (AvgIpc) is 2.33. The van der Waals surface area contributed by atoms with E-state index in [9.17, 15) is 0 Å². The molecule has 0 fully saturated rings. The number of hydrogen-bond donors (Lipinski definition) is 0. The quantitative estimate of drug-likeness (QED) is 0.548. The summed E-state index contributed by atoms with van der Waals surface area (Å²) in [5.41, 5.74) is 7.92. The molecule has 0 bridgehead atoms. The van der Waals surface area contributed by atoms with E-state index in [1.807, 2.05) is 23.6 Å². The zero-order valence-corrected chi connectivity index (χ0v) is 6.11. The molecule has 1 nitrogen and oxygen atoms in total. The summed E-state index contributed by atoms with van der Waals surface area (Å²) in [5, 5.41) is 3.28. The van der Waals surface area contributed by atoms with Gasteiger partial charge in [-0.15, -0.1) is 11.3 Å². The third-order valence-electron chi connectivity index (χ3n) is 1.46. The van der Waals surface area contributed by atoms with Gasteiger partial charge in [-0.1, -0.05) is 6.07 Å². The summed E-state index contributed by atoms with van der Waals surface area (Å²) in [6.45, 7) is 0. The molecule has 10 heavy (non-hydrogen) atoms. The van der Waals surface area contributed by atoms with E-state index in [-0.39, 0.29) is 0 Å². The van der Waals surface area contributed by atoms with Crippen molar-refractivity contribution in [2.75, 3.05) is 0 Å². The van der Waals surface area contributed by atoms with Gasteiger partial charge in [0, 0.05) is 4.70 Å². The Hall–Kier alpha value is -1.02. The molecule has 0 saturated heterocycles. The Morgan fingerprint density at radius 3 is 3.00 bits per heavy atom. The second kappa shape index (κ2) is 1.99. The van der Waals surface area contributed by atoms with E-state index >= 15 is 0 Å². The standard InChI is InChI=1S/C8H6NS/c9-7-2-1-6-3-4-10-8(6)5-7/h1-5,9H. The average molecular weight is 148 g/mol. The molecule has 0 aliphatic rings. The Labute approximate surface area is 63.1 Å². The van der Waals surface area contributed by atoms with Gasteiger partial charge in [-0.3, -0.25) is 0 Å². The van der Waals surface area contributed by atoms with Gasteiger partial charge in [0.1, 0.15) is 0 Å². The van der Waals surface area contributed by atoms with Crippen LogP contribution in [0.25, 0.3) is 10.1 Å². The number of fused-ring (bicyclic) bond motifs is 1. The maximum atomic E-state index is 7.32. The zero-order chi connectivity index (χ0) is 6.97. The highest BCUT2D eigenvalue weighted by Crippen LogP contribution is 2.22. The molecule has 0 unspecified atom stereocenters. The van der Waals surface area contributed by atoms with E-state index in [0.717, 1.165) is 0 Å². The molecule has 2 heteroatoms. The second-order valence-corrected chi connectivity index (χ2v) is 3.12. The predicted molar refractivity (Wildman–Crippen MR) is 44.6 cm³/mol. The number of hydrogen-bond acceptors (Lipinski definition) is 1. The minimum atomic E-state index is 0.593. The summed E-state index contributed by atoms with van der Waals surface area (Å²) < 4.78 is 1.20. The third kappa shape index (κ3) is 0.772. The molecule has 0 spiro atoms. The molecular formula is C8H6NS. The van der Waals surface area contributed by atoms with Crippen LogP contribution in [0.15, 0.2) is 29.6 Å². The van der Waals surface area contributed by atoms with Crippen molar-refractivity contribution in [3.8, 4) is 0 Å². The molecule has 1 aromatic carbocycles. The van der Waals surface area contributed by atoms with Crippen LogP contribution in [0, 0.1) is 0 Å². The van der Waals surface area contributed by atoms with Crippen LogP contribution in [-0.4, -0.2) is 0 Å². The molecule has 0 saturated carbocycles. The van der Waals surface area contributed by atoms with Crippen LogP contribution in [0.3, 0.4) is 0 Å². The maximum Gasteiger partial charge on any atom is 0.0554 e. The van der Waals surface area contributed by atoms with Crippen LogP contribution in [0.4, 0.5) is 5.69 Å². The molecule has 0 aliphatic heterocycles. The lowest BCUT2D eigenvalue weighted by molar-refractivity contribution is 1.52. The number of rotatable bonds is 0. The molecule has 1 radical (unpaired) electrons. The van der Waals surface area contributed by atoms with Gasteiger partial charge in [0.2, 0.25) is 0 Å². The first-order valence-corrected chi connectivity index (χ1v) is 3.93. The zero-order valence-electron chi connectivity index (χ0n) is 5.29. The van der Waals surface area contributed by atoms with Gasteiger partial charge in [-0.25, -0.2) is 0 Å². The Morgan fingerprint density at radius 1 is 1.20 bits per heavy atom. The van der Waals surface area contributed by atoms with Crippen LogP contribution < -0.4 is 5.73 Å². The lowest BCUT2D eigenvalue weighted by atomic mass is 10.2. The topological polar surface area (TPSA) is 23.8 Å².